The number of hydrogen-bond donors (Lipinski definition) is 4. The molecule has 2 aliphatic rings. The zero-order valence-corrected chi connectivity index (χ0v) is 37.5. The molecular weight excluding hydrogens is 809 g/mol. The van der Waals surface area contributed by atoms with E-state index >= 15 is 0 Å². The Kier molecular flexibility index (Phi) is 12.9. The Balaban J connectivity index is 0.733. The van der Waals surface area contributed by atoms with Crippen molar-refractivity contribution >= 4 is 65.8 Å². The third-order valence-corrected chi connectivity index (χ3v) is 13.0. The Hall–Kier alpha value is -7.12. The van der Waals surface area contributed by atoms with Crippen molar-refractivity contribution in [1.29, 1.82) is 0 Å². The van der Waals surface area contributed by atoms with Crippen molar-refractivity contribution in [2.45, 2.75) is 62.8 Å². The highest BCUT2D eigenvalue weighted by Crippen LogP contribution is 2.35. The van der Waals surface area contributed by atoms with Crippen molar-refractivity contribution in [3.63, 3.8) is 0 Å². The molecule has 0 fully saturated rings. The fraction of sp³-hybridized carbons (Fsp3) is 0.200. The van der Waals surface area contributed by atoms with Gasteiger partial charge in [0.2, 0.25) is 0 Å². The van der Waals surface area contributed by atoms with E-state index in [0.29, 0.717) is 26.1 Å². The fourth-order valence-corrected chi connectivity index (χ4v) is 9.43. The van der Waals surface area contributed by atoms with E-state index < -0.39 is 11.4 Å². The Morgan fingerprint density at radius 1 is 0.348 bits per heavy atom. The van der Waals surface area contributed by atoms with Crippen LogP contribution in [0, 0.1) is 0 Å². The average Bonchev–Trinajstić information content (AvgIpc) is 3.36. The van der Waals surface area contributed by atoms with Crippen molar-refractivity contribution in [3.05, 3.63) is 218 Å². The Labute approximate surface area is 388 Å². The van der Waals surface area contributed by atoms with Crippen LogP contribution in [0.15, 0.2) is 218 Å². The van der Waals surface area contributed by atoms with E-state index in [1.165, 1.54) is 43.1 Å². The molecule has 330 valence electrons. The maximum absolute atomic E-state index is 6.84. The minimum absolute atomic E-state index is 0.656. The van der Waals surface area contributed by atoms with E-state index in [9.17, 15) is 0 Å². The van der Waals surface area contributed by atoms with Crippen LogP contribution in [0.5, 0.6) is 0 Å². The van der Waals surface area contributed by atoms with Gasteiger partial charge in [0.1, 0.15) is 0 Å². The minimum Gasteiger partial charge on any atom is -0.355 e. The number of hydrogen-bond acceptors (Lipinski definition) is 6. The van der Waals surface area contributed by atoms with Crippen molar-refractivity contribution in [2.75, 3.05) is 34.5 Å². The van der Waals surface area contributed by atoms with Crippen LogP contribution in [-0.4, -0.2) is 24.7 Å². The molecule has 6 nitrogen and oxygen atoms in total. The average molecular weight is 867 g/mol. The molecule has 8 aromatic carbocycles. The molecule has 0 aromatic heterocycles. The molecule has 8 aromatic rings. The van der Waals surface area contributed by atoms with Gasteiger partial charge in [0, 0.05) is 81.7 Å². The third kappa shape index (κ3) is 9.91. The SMILES string of the molecule is C1=CC(Nc2cccc3ccccc23)(OCCCCCCCCOC2(Nc3cccc4ccccc34)C=CC(Nc3cccc4ccccc34)=CC2)CC=C1Nc1cccc2ccccc12. The highest BCUT2D eigenvalue weighted by atomic mass is 16.5. The number of fused-ring (bicyclic) bond motifs is 4. The van der Waals surface area contributed by atoms with Gasteiger partial charge in [-0.25, -0.2) is 0 Å². The van der Waals surface area contributed by atoms with Gasteiger partial charge in [-0.2, -0.15) is 0 Å². The van der Waals surface area contributed by atoms with Crippen LogP contribution >= 0.6 is 0 Å². The highest BCUT2D eigenvalue weighted by Gasteiger charge is 2.31. The summed E-state index contributed by atoms with van der Waals surface area (Å²) in [4.78, 5) is 0. The van der Waals surface area contributed by atoms with E-state index in [2.05, 4.69) is 228 Å². The maximum Gasteiger partial charge on any atom is 0.161 e. The quantitative estimate of drug-likeness (QED) is 0.0480. The minimum atomic E-state index is -0.656. The molecule has 0 spiro atoms. The first kappa shape index (κ1) is 42.8. The molecule has 66 heavy (non-hydrogen) atoms. The third-order valence-electron chi connectivity index (χ3n) is 13.0. The molecule has 0 amide bonds. The molecule has 0 bridgehead atoms. The van der Waals surface area contributed by atoms with Crippen LogP contribution in [0.1, 0.15) is 51.4 Å². The Morgan fingerprint density at radius 3 is 1.03 bits per heavy atom. The first-order chi connectivity index (χ1) is 32.6. The number of rotatable bonds is 19. The van der Waals surface area contributed by atoms with Gasteiger partial charge in [-0.3, -0.25) is 0 Å². The van der Waals surface area contributed by atoms with E-state index in [0.717, 1.165) is 72.7 Å². The topological polar surface area (TPSA) is 66.6 Å². The van der Waals surface area contributed by atoms with Crippen molar-refractivity contribution in [3.8, 4) is 0 Å². The van der Waals surface area contributed by atoms with Crippen LogP contribution in [0.25, 0.3) is 43.1 Å². The summed E-state index contributed by atoms with van der Waals surface area (Å²) in [5, 5.41) is 24.7. The van der Waals surface area contributed by atoms with Gasteiger partial charge in [0.25, 0.3) is 0 Å². The zero-order chi connectivity index (χ0) is 44.4. The van der Waals surface area contributed by atoms with E-state index in [1.807, 2.05) is 0 Å². The Bertz CT molecular complexity index is 2870. The van der Waals surface area contributed by atoms with Gasteiger partial charge in [0.05, 0.1) is 0 Å². The molecule has 0 aliphatic heterocycles. The molecule has 0 saturated carbocycles. The van der Waals surface area contributed by atoms with Crippen molar-refractivity contribution in [2.24, 2.45) is 0 Å². The normalized spacial score (nSPS) is 18.1. The molecule has 10 rings (SSSR count). The predicted octanol–water partition coefficient (Wildman–Crippen LogP) is 15.5. The summed E-state index contributed by atoms with van der Waals surface area (Å²) >= 11 is 0. The molecule has 6 heteroatoms. The summed E-state index contributed by atoms with van der Waals surface area (Å²) in [6, 6.07) is 59.8. The number of unbranched alkanes of at least 4 members (excludes halogenated alkanes) is 5. The van der Waals surface area contributed by atoms with Crippen molar-refractivity contribution < 1.29 is 9.47 Å². The molecule has 0 radical (unpaired) electrons. The molecule has 0 saturated heterocycles. The predicted molar refractivity (Wildman–Crippen MR) is 279 cm³/mol. The Morgan fingerprint density at radius 2 is 0.667 bits per heavy atom. The summed E-state index contributed by atoms with van der Waals surface area (Å²) in [7, 11) is 0. The fourth-order valence-electron chi connectivity index (χ4n) is 9.43. The summed E-state index contributed by atoms with van der Waals surface area (Å²) in [6.45, 7) is 1.34. The first-order valence-electron chi connectivity index (χ1n) is 23.7. The molecule has 2 aliphatic carbocycles. The van der Waals surface area contributed by atoms with Crippen LogP contribution < -0.4 is 21.3 Å². The number of ether oxygens (including phenoxy) is 2. The van der Waals surface area contributed by atoms with E-state index in [1.54, 1.807) is 0 Å². The monoisotopic (exact) mass is 866 g/mol. The second kappa shape index (κ2) is 20.0. The molecule has 4 N–H and O–H groups in total. The summed E-state index contributed by atoms with van der Waals surface area (Å²) in [6.07, 6.45) is 21.2. The van der Waals surface area contributed by atoms with Crippen molar-refractivity contribution in [1.82, 2.24) is 0 Å². The zero-order valence-electron chi connectivity index (χ0n) is 37.5. The van der Waals surface area contributed by atoms with E-state index in [-0.39, 0.29) is 0 Å². The second-order valence-corrected chi connectivity index (χ2v) is 17.6. The lowest BCUT2D eigenvalue weighted by Crippen LogP contribution is -2.40. The van der Waals surface area contributed by atoms with Gasteiger partial charge >= 0.3 is 0 Å². The number of benzene rings is 8. The van der Waals surface area contributed by atoms with E-state index in [4.69, 9.17) is 9.47 Å². The van der Waals surface area contributed by atoms with Gasteiger partial charge in [-0.1, -0.05) is 183 Å². The molecule has 0 heterocycles. The smallest absolute Gasteiger partial charge is 0.161 e. The number of anilines is 4. The van der Waals surface area contributed by atoms with Crippen LogP contribution in [0.2, 0.25) is 0 Å². The first-order valence-corrected chi connectivity index (χ1v) is 23.7. The van der Waals surface area contributed by atoms with Crippen LogP contribution in [-0.2, 0) is 9.47 Å². The lowest BCUT2D eigenvalue weighted by molar-refractivity contribution is 0.0103. The molecule has 2 atom stereocenters. The molecule has 2 unspecified atom stereocenters. The van der Waals surface area contributed by atoms with Gasteiger partial charge in [-0.05, 0) is 83.0 Å². The lowest BCUT2D eigenvalue weighted by Gasteiger charge is -2.35. The van der Waals surface area contributed by atoms with Crippen LogP contribution in [0.3, 0.4) is 0 Å². The highest BCUT2D eigenvalue weighted by molar-refractivity contribution is 5.97. The standard InChI is InChI=1S/C60H58N4O2/c1(3-13-43-65-59(63-57-33-17-25-47-21-7-11-29-53(47)57)39-35-49(36-40-59)61-55-31-15-23-45-19-5-9-27-51(45)55)2-4-14-44-66-60(64-58-34-18-26-48-22-8-12-30-54(48)58)41-37-50(38-42-60)62-56-32-16-24-46-20-6-10-28-52(46)56/h5-12,15-39,41,61-64H,1-4,13-14,40,42-44H2. The maximum atomic E-state index is 6.84. The van der Waals surface area contributed by atoms with Crippen LogP contribution in [0.4, 0.5) is 22.7 Å². The number of allylic oxidation sites excluding steroid dienone is 2. The largest absolute Gasteiger partial charge is 0.355 e. The summed E-state index contributed by atoms with van der Waals surface area (Å²) < 4.78 is 13.7. The van der Waals surface area contributed by atoms with Gasteiger partial charge in [0.15, 0.2) is 11.4 Å². The number of nitrogens with one attached hydrogen (secondary N) is 4. The summed E-state index contributed by atoms with van der Waals surface area (Å²) in [5.74, 6) is 0. The second-order valence-electron chi connectivity index (χ2n) is 17.6. The van der Waals surface area contributed by atoms with Gasteiger partial charge in [-0.15, -0.1) is 0 Å². The van der Waals surface area contributed by atoms with Gasteiger partial charge < -0.3 is 30.7 Å². The lowest BCUT2D eigenvalue weighted by atomic mass is 10.00. The summed E-state index contributed by atoms with van der Waals surface area (Å²) in [5.41, 5.74) is 5.18. The molecular formula is C60H58N4O2.